The molecule has 1 N–H and O–H groups in total. The SMILES string of the molecule is O=C1NC2(CCCC2)C(=O)C1(F)F. The first-order valence-corrected chi connectivity index (χ1v) is 4.24. The predicted octanol–water partition coefficient (Wildman–Crippen LogP) is 0.633. The fourth-order valence-electron chi connectivity index (χ4n) is 2.09. The molecule has 2 fully saturated rings. The highest BCUT2D eigenvalue weighted by Gasteiger charge is 2.65. The van der Waals surface area contributed by atoms with Crippen LogP contribution in [0.5, 0.6) is 0 Å². The van der Waals surface area contributed by atoms with Crippen LogP contribution in [0.3, 0.4) is 0 Å². The van der Waals surface area contributed by atoms with Crippen molar-refractivity contribution in [2.24, 2.45) is 0 Å². The molecule has 1 saturated carbocycles. The molecule has 1 heterocycles. The maximum atomic E-state index is 12.9. The molecule has 0 bridgehead atoms. The number of amides is 1. The van der Waals surface area contributed by atoms with Gasteiger partial charge in [0.25, 0.3) is 5.91 Å². The first-order chi connectivity index (χ1) is 5.99. The van der Waals surface area contributed by atoms with Crippen LogP contribution in [0, 0.1) is 0 Å². The maximum Gasteiger partial charge on any atom is 0.383 e. The second-order valence-corrected chi connectivity index (χ2v) is 3.65. The lowest BCUT2D eigenvalue weighted by atomic mass is 9.93. The van der Waals surface area contributed by atoms with E-state index in [2.05, 4.69) is 5.32 Å². The summed E-state index contributed by atoms with van der Waals surface area (Å²) >= 11 is 0. The molecule has 0 unspecified atom stereocenters. The third kappa shape index (κ3) is 0.927. The highest BCUT2D eigenvalue weighted by atomic mass is 19.3. The first kappa shape index (κ1) is 8.59. The zero-order valence-electron chi connectivity index (χ0n) is 6.90. The largest absolute Gasteiger partial charge is 0.383 e. The lowest BCUT2D eigenvalue weighted by Crippen LogP contribution is -2.44. The summed E-state index contributed by atoms with van der Waals surface area (Å²) in [6.07, 6.45) is 2.16. The molecule has 2 rings (SSSR count). The summed E-state index contributed by atoms with van der Waals surface area (Å²) in [5.41, 5.74) is -1.24. The lowest BCUT2D eigenvalue weighted by molar-refractivity contribution is -0.151. The maximum absolute atomic E-state index is 12.9. The lowest BCUT2D eigenvalue weighted by Gasteiger charge is -2.19. The fraction of sp³-hybridized carbons (Fsp3) is 0.750. The summed E-state index contributed by atoms with van der Waals surface area (Å²) in [4.78, 5) is 22.0. The quantitative estimate of drug-likeness (QED) is 0.568. The number of ketones is 1. The second kappa shape index (κ2) is 2.27. The van der Waals surface area contributed by atoms with Crippen molar-refractivity contribution in [2.75, 3.05) is 0 Å². The summed E-state index contributed by atoms with van der Waals surface area (Å²) < 4.78 is 25.7. The van der Waals surface area contributed by atoms with Gasteiger partial charge in [-0.15, -0.1) is 0 Å². The van der Waals surface area contributed by atoms with Gasteiger partial charge in [-0.05, 0) is 12.8 Å². The molecular formula is C8H9F2NO2. The molecule has 0 atom stereocenters. The van der Waals surface area contributed by atoms with Crippen LogP contribution < -0.4 is 5.32 Å². The number of rotatable bonds is 0. The monoisotopic (exact) mass is 189 g/mol. The second-order valence-electron chi connectivity index (χ2n) is 3.65. The summed E-state index contributed by atoms with van der Waals surface area (Å²) in [5, 5.41) is 2.13. The van der Waals surface area contributed by atoms with Crippen LogP contribution in [0.1, 0.15) is 25.7 Å². The van der Waals surface area contributed by atoms with E-state index in [1.54, 1.807) is 0 Å². The van der Waals surface area contributed by atoms with Gasteiger partial charge < -0.3 is 5.32 Å². The molecule has 1 spiro atoms. The molecule has 72 valence electrons. The van der Waals surface area contributed by atoms with Crippen molar-refractivity contribution < 1.29 is 18.4 Å². The summed E-state index contributed by atoms with van der Waals surface area (Å²) in [7, 11) is 0. The minimum absolute atomic E-state index is 0.354. The van der Waals surface area contributed by atoms with Crippen LogP contribution in [0.15, 0.2) is 0 Å². The Balaban J connectivity index is 2.37. The summed E-state index contributed by atoms with van der Waals surface area (Å²) in [6, 6.07) is 0. The Morgan fingerprint density at radius 3 is 2.08 bits per heavy atom. The van der Waals surface area contributed by atoms with Gasteiger partial charge in [-0.2, -0.15) is 8.78 Å². The molecule has 0 aromatic rings. The van der Waals surface area contributed by atoms with Crippen molar-refractivity contribution in [2.45, 2.75) is 37.1 Å². The van der Waals surface area contributed by atoms with Gasteiger partial charge in [-0.1, -0.05) is 12.8 Å². The van der Waals surface area contributed by atoms with Gasteiger partial charge in [0.15, 0.2) is 0 Å². The zero-order valence-corrected chi connectivity index (χ0v) is 6.90. The smallest absolute Gasteiger partial charge is 0.338 e. The minimum atomic E-state index is -3.80. The van der Waals surface area contributed by atoms with Gasteiger partial charge in [0.2, 0.25) is 5.78 Å². The third-order valence-corrected chi connectivity index (χ3v) is 2.81. The molecule has 13 heavy (non-hydrogen) atoms. The Labute approximate surface area is 73.5 Å². The normalized spacial score (nSPS) is 29.7. The van der Waals surface area contributed by atoms with Crippen molar-refractivity contribution in [3.05, 3.63) is 0 Å². The number of Topliss-reactive ketones (excluding diaryl/α,β-unsaturated/α-hetero) is 1. The molecule has 5 heteroatoms. The first-order valence-electron chi connectivity index (χ1n) is 4.24. The van der Waals surface area contributed by atoms with E-state index in [-0.39, 0.29) is 0 Å². The van der Waals surface area contributed by atoms with E-state index in [0.717, 1.165) is 12.8 Å². The number of carbonyl (C=O) groups excluding carboxylic acids is 2. The van der Waals surface area contributed by atoms with Crippen LogP contribution in [-0.2, 0) is 9.59 Å². The Hall–Kier alpha value is -1.00. The van der Waals surface area contributed by atoms with Crippen LogP contribution in [0.4, 0.5) is 8.78 Å². The predicted molar refractivity (Wildman–Crippen MR) is 39.3 cm³/mol. The minimum Gasteiger partial charge on any atom is -0.338 e. The molecule has 0 aromatic carbocycles. The summed E-state index contributed by atoms with van der Waals surface area (Å²) in [5.74, 6) is -6.47. The van der Waals surface area contributed by atoms with E-state index in [4.69, 9.17) is 0 Å². The van der Waals surface area contributed by atoms with Gasteiger partial charge in [0.1, 0.15) is 5.54 Å². The van der Waals surface area contributed by atoms with Gasteiger partial charge in [-0.25, -0.2) is 0 Å². The molecule has 1 amide bonds. The summed E-state index contributed by atoms with van der Waals surface area (Å²) in [6.45, 7) is 0. The van der Waals surface area contributed by atoms with Crippen LogP contribution >= 0.6 is 0 Å². The van der Waals surface area contributed by atoms with E-state index in [1.807, 2.05) is 0 Å². The number of carbonyl (C=O) groups is 2. The number of hydrogen-bond acceptors (Lipinski definition) is 2. The number of alkyl halides is 2. The van der Waals surface area contributed by atoms with Crippen molar-refractivity contribution in [1.29, 1.82) is 0 Å². The van der Waals surface area contributed by atoms with Gasteiger partial charge in [-0.3, -0.25) is 9.59 Å². The standard InChI is InChI=1S/C8H9F2NO2/c9-8(10)5(12)7(11-6(8)13)3-1-2-4-7/h1-4H2,(H,11,13). The molecule has 0 aromatic heterocycles. The number of halogens is 2. The Kier molecular flexibility index (Phi) is 1.50. The molecule has 2 aliphatic rings. The molecule has 0 radical (unpaired) electrons. The molecule has 3 nitrogen and oxygen atoms in total. The van der Waals surface area contributed by atoms with Gasteiger partial charge >= 0.3 is 5.92 Å². The van der Waals surface area contributed by atoms with Crippen molar-refractivity contribution >= 4 is 11.7 Å². The van der Waals surface area contributed by atoms with E-state index in [1.165, 1.54) is 0 Å². The van der Waals surface area contributed by atoms with E-state index < -0.39 is 23.2 Å². The Bertz CT molecular complexity index is 282. The third-order valence-electron chi connectivity index (χ3n) is 2.81. The Morgan fingerprint density at radius 2 is 1.69 bits per heavy atom. The average Bonchev–Trinajstić information content (AvgIpc) is 2.57. The fourth-order valence-corrected chi connectivity index (χ4v) is 2.09. The Morgan fingerprint density at radius 1 is 1.15 bits per heavy atom. The zero-order chi connectivity index (χ0) is 9.69. The van der Waals surface area contributed by atoms with E-state index >= 15 is 0 Å². The molecular weight excluding hydrogens is 180 g/mol. The van der Waals surface area contributed by atoms with Gasteiger partial charge in [0.05, 0.1) is 0 Å². The van der Waals surface area contributed by atoms with Crippen molar-refractivity contribution in [1.82, 2.24) is 5.32 Å². The van der Waals surface area contributed by atoms with Crippen molar-refractivity contribution in [3.8, 4) is 0 Å². The van der Waals surface area contributed by atoms with Gasteiger partial charge in [0, 0.05) is 0 Å². The van der Waals surface area contributed by atoms with Crippen LogP contribution in [-0.4, -0.2) is 23.2 Å². The van der Waals surface area contributed by atoms with E-state index in [0.29, 0.717) is 12.8 Å². The highest BCUT2D eigenvalue weighted by Crippen LogP contribution is 2.40. The topological polar surface area (TPSA) is 46.2 Å². The molecule has 1 saturated heterocycles. The average molecular weight is 189 g/mol. The molecule has 1 aliphatic carbocycles. The molecule has 1 aliphatic heterocycles. The van der Waals surface area contributed by atoms with Crippen molar-refractivity contribution in [3.63, 3.8) is 0 Å². The highest BCUT2D eigenvalue weighted by molar-refractivity contribution is 6.18. The van der Waals surface area contributed by atoms with Crippen LogP contribution in [0.2, 0.25) is 0 Å². The van der Waals surface area contributed by atoms with E-state index in [9.17, 15) is 18.4 Å². The van der Waals surface area contributed by atoms with Crippen LogP contribution in [0.25, 0.3) is 0 Å². The number of nitrogens with one attached hydrogen (secondary N) is 1. The number of hydrogen-bond donors (Lipinski definition) is 1.